The molecule has 0 heterocycles. The second kappa shape index (κ2) is 5.08. The Morgan fingerprint density at radius 3 is 2.55 bits per heavy atom. The van der Waals surface area contributed by atoms with Crippen LogP contribution in [0, 0.1) is 5.82 Å². The van der Waals surface area contributed by atoms with Gasteiger partial charge in [0.25, 0.3) is 0 Å². The van der Waals surface area contributed by atoms with E-state index in [4.69, 9.17) is 5.73 Å². The quantitative estimate of drug-likeness (QED) is 0.678. The Kier molecular flexibility index (Phi) is 3.26. The van der Waals surface area contributed by atoms with Crippen molar-refractivity contribution in [2.24, 2.45) is 0 Å². The number of hydrogen-bond acceptors (Lipinski definition) is 2. The van der Waals surface area contributed by atoms with Gasteiger partial charge in [0.15, 0.2) is 5.78 Å². The Labute approximate surface area is 117 Å². The van der Waals surface area contributed by atoms with Crippen LogP contribution in [-0.2, 0) is 0 Å². The number of carbonyl (C=O) groups is 1. The molecule has 1 saturated carbocycles. The molecule has 0 unspecified atom stereocenters. The third-order valence-corrected chi connectivity index (χ3v) is 4.01. The fraction of sp³-hybridized carbons (Fsp3) is 0.235. The van der Waals surface area contributed by atoms with Crippen LogP contribution in [0.1, 0.15) is 46.7 Å². The molecule has 0 amide bonds. The van der Waals surface area contributed by atoms with Crippen molar-refractivity contribution < 1.29 is 9.18 Å². The summed E-state index contributed by atoms with van der Waals surface area (Å²) >= 11 is 0. The maximum absolute atomic E-state index is 13.4. The molecule has 3 rings (SSSR count). The van der Waals surface area contributed by atoms with Crippen LogP contribution >= 0.6 is 0 Å². The SMILES string of the molecule is Nc1ccc(F)cc1C(=O)c1ccccc1C1CCC1. The average Bonchev–Trinajstić information content (AvgIpc) is 2.39. The van der Waals surface area contributed by atoms with Gasteiger partial charge in [-0.25, -0.2) is 4.39 Å². The summed E-state index contributed by atoms with van der Waals surface area (Å²) in [5, 5.41) is 0. The Bertz CT molecular complexity index is 662. The number of nitrogen functional groups attached to an aromatic ring is 1. The molecule has 102 valence electrons. The first-order chi connectivity index (χ1) is 9.66. The minimum Gasteiger partial charge on any atom is -0.398 e. The smallest absolute Gasteiger partial charge is 0.195 e. The number of anilines is 1. The Morgan fingerprint density at radius 2 is 1.85 bits per heavy atom. The van der Waals surface area contributed by atoms with Gasteiger partial charge in [-0.05, 0) is 42.5 Å². The maximum atomic E-state index is 13.4. The van der Waals surface area contributed by atoms with Gasteiger partial charge in [0.1, 0.15) is 5.82 Å². The minimum absolute atomic E-state index is 0.190. The second-order valence-electron chi connectivity index (χ2n) is 5.28. The summed E-state index contributed by atoms with van der Waals surface area (Å²) in [5.74, 6) is -0.182. The zero-order chi connectivity index (χ0) is 14.1. The van der Waals surface area contributed by atoms with Gasteiger partial charge < -0.3 is 5.73 Å². The van der Waals surface area contributed by atoms with Crippen LogP contribution in [0.2, 0.25) is 0 Å². The molecule has 2 aromatic rings. The van der Waals surface area contributed by atoms with E-state index < -0.39 is 5.82 Å². The van der Waals surface area contributed by atoms with Crippen molar-refractivity contribution in [2.75, 3.05) is 5.73 Å². The van der Waals surface area contributed by atoms with E-state index in [1.807, 2.05) is 18.2 Å². The summed E-state index contributed by atoms with van der Waals surface area (Å²) in [6, 6.07) is 11.5. The highest BCUT2D eigenvalue weighted by Gasteiger charge is 2.25. The molecule has 2 aromatic carbocycles. The lowest BCUT2D eigenvalue weighted by atomic mass is 9.77. The standard InChI is InChI=1S/C17H16FNO/c18-12-8-9-16(19)15(10-12)17(20)14-7-2-1-6-13(14)11-4-3-5-11/h1-2,6-11H,3-5,19H2. The topological polar surface area (TPSA) is 43.1 Å². The summed E-state index contributed by atoms with van der Waals surface area (Å²) in [7, 11) is 0. The Morgan fingerprint density at radius 1 is 1.10 bits per heavy atom. The van der Waals surface area contributed by atoms with Gasteiger partial charge in [-0.1, -0.05) is 30.7 Å². The fourth-order valence-corrected chi connectivity index (χ4v) is 2.65. The third kappa shape index (κ3) is 2.20. The van der Waals surface area contributed by atoms with Crippen LogP contribution in [0.25, 0.3) is 0 Å². The highest BCUT2D eigenvalue weighted by atomic mass is 19.1. The van der Waals surface area contributed by atoms with E-state index in [1.165, 1.54) is 24.6 Å². The lowest BCUT2D eigenvalue weighted by Gasteiger charge is -2.27. The van der Waals surface area contributed by atoms with Crippen molar-refractivity contribution in [2.45, 2.75) is 25.2 Å². The number of carbonyl (C=O) groups excluding carboxylic acids is 1. The normalized spacial score (nSPS) is 14.8. The molecule has 2 N–H and O–H groups in total. The third-order valence-electron chi connectivity index (χ3n) is 4.01. The number of nitrogens with two attached hydrogens (primary N) is 1. The fourth-order valence-electron chi connectivity index (χ4n) is 2.65. The molecular weight excluding hydrogens is 253 g/mol. The molecule has 0 radical (unpaired) electrons. The molecule has 1 aliphatic carbocycles. The van der Waals surface area contributed by atoms with Crippen molar-refractivity contribution in [1.29, 1.82) is 0 Å². The lowest BCUT2D eigenvalue weighted by molar-refractivity contribution is 0.103. The number of hydrogen-bond donors (Lipinski definition) is 1. The number of benzene rings is 2. The largest absolute Gasteiger partial charge is 0.398 e. The first-order valence-electron chi connectivity index (χ1n) is 6.85. The van der Waals surface area contributed by atoms with E-state index in [2.05, 4.69) is 0 Å². The summed E-state index contributed by atoms with van der Waals surface area (Å²) in [6.07, 6.45) is 3.43. The van der Waals surface area contributed by atoms with E-state index >= 15 is 0 Å². The van der Waals surface area contributed by atoms with Crippen molar-refractivity contribution >= 4 is 11.5 Å². The molecule has 20 heavy (non-hydrogen) atoms. The Hall–Kier alpha value is -2.16. The molecule has 1 fully saturated rings. The highest BCUT2D eigenvalue weighted by molar-refractivity contribution is 6.13. The van der Waals surface area contributed by atoms with Crippen molar-refractivity contribution in [3.05, 3.63) is 65.0 Å². The average molecular weight is 269 g/mol. The van der Waals surface area contributed by atoms with E-state index in [0.29, 0.717) is 17.2 Å². The van der Waals surface area contributed by atoms with Crippen molar-refractivity contribution in [3.63, 3.8) is 0 Å². The molecule has 2 nitrogen and oxygen atoms in total. The zero-order valence-electron chi connectivity index (χ0n) is 11.1. The number of halogens is 1. The van der Waals surface area contributed by atoms with E-state index in [-0.39, 0.29) is 11.3 Å². The van der Waals surface area contributed by atoms with Gasteiger partial charge in [0.2, 0.25) is 0 Å². The van der Waals surface area contributed by atoms with Gasteiger partial charge in [-0.3, -0.25) is 4.79 Å². The predicted octanol–water partition coefficient (Wildman–Crippen LogP) is 3.91. The molecule has 1 aliphatic rings. The first kappa shape index (κ1) is 12.9. The van der Waals surface area contributed by atoms with E-state index in [1.54, 1.807) is 6.07 Å². The van der Waals surface area contributed by atoms with Gasteiger partial charge in [-0.15, -0.1) is 0 Å². The molecule has 0 aromatic heterocycles. The van der Waals surface area contributed by atoms with Gasteiger partial charge >= 0.3 is 0 Å². The molecule has 0 atom stereocenters. The number of rotatable bonds is 3. The lowest BCUT2D eigenvalue weighted by Crippen LogP contribution is -2.15. The summed E-state index contributed by atoms with van der Waals surface area (Å²) < 4.78 is 13.4. The minimum atomic E-state index is -0.441. The van der Waals surface area contributed by atoms with Crippen molar-refractivity contribution in [3.8, 4) is 0 Å². The van der Waals surface area contributed by atoms with Crippen LogP contribution in [0.3, 0.4) is 0 Å². The predicted molar refractivity (Wildman–Crippen MR) is 77.3 cm³/mol. The Balaban J connectivity index is 2.04. The zero-order valence-corrected chi connectivity index (χ0v) is 11.1. The van der Waals surface area contributed by atoms with Gasteiger partial charge in [0, 0.05) is 16.8 Å². The highest BCUT2D eigenvalue weighted by Crippen LogP contribution is 2.38. The summed E-state index contributed by atoms with van der Waals surface area (Å²) in [5.41, 5.74) is 8.09. The summed E-state index contributed by atoms with van der Waals surface area (Å²) in [4.78, 5) is 12.6. The first-order valence-corrected chi connectivity index (χ1v) is 6.85. The number of ketones is 1. The van der Waals surface area contributed by atoms with E-state index in [0.717, 1.165) is 18.4 Å². The van der Waals surface area contributed by atoms with Crippen LogP contribution in [0.4, 0.5) is 10.1 Å². The van der Waals surface area contributed by atoms with Crippen LogP contribution in [-0.4, -0.2) is 5.78 Å². The van der Waals surface area contributed by atoms with Crippen LogP contribution < -0.4 is 5.73 Å². The molecule has 0 aliphatic heterocycles. The molecule has 0 spiro atoms. The maximum Gasteiger partial charge on any atom is 0.195 e. The molecule has 0 saturated heterocycles. The molecular formula is C17H16FNO. The van der Waals surface area contributed by atoms with Gasteiger partial charge in [-0.2, -0.15) is 0 Å². The monoisotopic (exact) mass is 269 g/mol. The van der Waals surface area contributed by atoms with Crippen LogP contribution in [0.5, 0.6) is 0 Å². The van der Waals surface area contributed by atoms with Gasteiger partial charge in [0.05, 0.1) is 0 Å². The molecule has 0 bridgehead atoms. The van der Waals surface area contributed by atoms with E-state index in [9.17, 15) is 9.18 Å². The van der Waals surface area contributed by atoms with Crippen molar-refractivity contribution in [1.82, 2.24) is 0 Å². The second-order valence-corrected chi connectivity index (χ2v) is 5.28. The van der Waals surface area contributed by atoms with Crippen LogP contribution in [0.15, 0.2) is 42.5 Å². The summed E-state index contributed by atoms with van der Waals surface area (Å²) in [6.45, 7) is 0. The molecule has 3 heteroatoms.